The molecule has 6 N–H and O–H groups in total. The number of aliphatic hydroxyl groups is 5. The van der Waals surface area contributed by atoms with Gasteiger partial charge in [0, 0.05) is 12.1 Å². The maximum Gasteiger partial charge on any atom is 0.233 e. The Bertz CT molecular complexity index is 1540. The van der Waals surface area contributed by atoms with Crippen molar-refractivity contribution in [1.82, 2.24) is 15.2 Å². The van der Waals surface area contributed by atoms with Crippen LogP contribution in [-0.2, 0) is 30.7 Å². The number of benzene rings is 3. The van der Waals surface area contributed by atoms with E-state index >= 15 is 0 Å². The van der Waals surface area contributed by atoms with Gasteiger partial charge in [0.2, 0.25) is 5.91 Å². The molecule has 0 saturated carbocycles. The van der Waals surface area contributed by atoms with E-state index in [0.29, 0.717) is 49.3 Å². The predicted octanol–water partition coefficient (Wildman–Crippen LogP) is 3.09. The van der Waals surface area contributed by atoms with Crippen molar-refractivity contribution in [1.29, 1.82) is 0 Å². The fraction of sp³-hybridized carbons (Fsp3) is 0.382. The number of anilines is 1. The molecule has 0 aliphatic carbocycles. The van der Waals surface area contributed by atoms with Crippen LogP contribution in [0.3, 0.4) is 0 Å². The number of H-pyrrole nitrogens is 1. The van der Waals surface area contributed by atoms with Crippen LogP contribution in [0.15, 0.2) is 72.8 Å². The molecule has 1 aliphatic heterocycles. The lowest BCUT2D eigenvalue weighted by Gasteiger charge is -2.48. The molecule has 3 aromatic carbocycles. The summed E-state index contributed by atoms with van der Waals surface area (Å²) in [7, 11) is 0. The molecular formula is C34H39FN4O6. The summed E-state index contributed by atoms with van der Waals surface area (Å²) in [5, 5.41) is 55.8. The number of aliphatic hydroxyl groups excluding tert-OH is 4. The van der Waals surface area contributed by atoms with Crippen molar-refractivity contribution < 1.29 is 34.7 Å². The molecule has 1 aromatic heterocycles. The first-order valence-electron chi connectivity index (χ1n) is 15.1. The fourth-order valence-corrected chi connectivity index (χ4v) is 5.75. The number of hydrogen-bond donors (Lipinski definition) is 6. The molecular weight excluding hydrogens is 579 g/mol. The number of aromatic amines is 1. The molecule has 4 aromatic rings. The Balaban J connectivity index is 1.31. The number of nitrogens with one attached hydrogen (secondary N) is 1. The highest BCUT2D eigenvalue weighted by Gasteiger charge is 2.48. The lowest BCUT2D eigenvalue weighted by Crippen LogP contribution is -2.55. The maximum absolute atomic E-state index is 13.6. The van der Waals surface area contributed by atoms with Crippen LogP contribution in [0.1, 0.15) is 65.3 Å². The van der Waals surface area contributed by atoms with Crippen molar-refractivity contribution in [3.05, 3.63) is 113 Å². The molecule has 0 spiro atoms. The summed E-state index contributed by atoms with van der Waals surface area (Å²) in [4.78, 5) is 19.6. The highest BCUT2D eigenvalue weighted by molar-refractivity contribution is 6.03. The SMILES string of the molecule is O=C1[C@H](CC[C@H](O)c2ccc(F)cc2)[C@@H](c2ccc(CCC(O)(CO)CO)cc2)N1c1ccc(CCc2n[nH]c(CO)n2)cc1. The molecule has 1 saturated heterocycles. The Morgan fingerprint density at radius 1 is 0.889 bits per heavy atom. The second-order valence-electron chi connectivity index (χ2n) is 11.7. The highest BCUT2D eigenvalue weighted by Crippen LogP contribution is 2.46. The van der Waals surface area contributed by atoms with Crippen LogP contribution in [0, 0.1) is 11.7 Å². The smallest absolute Gasteiger partial charge is 0.233 e. The zero-order chi connectivity index (χ0) is 32.0. The molecule has 238 valence electrons. The first-order valence-corrected chi connectivity index (χ1v) is 15.1. The zero-order valence-electron chi connectivity index (χ0n) is 24.9. The maximum atomic E-state index is 13.6. The van der Waals surface area contributed by atoms with Crippen LogP contribution >= 0.6 is 0 Å². The largest absolute Gasteiger partial charge is 0.393 e. The lowest BCUT2D eigenvalue weighted by atomic mass is 9.78. The minimum absolute atomic E-state index is 0.0451. The number of halogens is 1. The van der Waals surface area contributed by atoms with E-state index < -0.39 is 24.9 Å². The van der Waals surface area contributed by atoms with Crippen molar-refractivity contribution in [3.63, 3.8) is 0 Å². The number of β-lactam (4-membered cyclic amide) rings is 1. The van der Waals surface area contributed by atoms with Gasteiger partial charge in [-0.1, -0.05) is 48.5 Å². The zero-order valence-corrected chi connectivity index (χ0v) is 24.9. The van der Waals surface area contributed by atoms with E-state index in [1.807, 2.05) is 48.5 Å². The van der Waals surface area contributed by atoms with Gasteiger partial charge < -0.3 is 30.4 Å². The Morgan fingerprint density at radius 2 is 1.53 bits per heavy atom. The Labute approximate surface area is 260 Å². The van der Waals surface area contributed by atoms with Crippen LogP contribution in [0.4, 0.5) is 10.1 Å². The highest BCUT2D eigenvalue weighted by atomic mass is 19.1. The van der Waals surface area contributed by atoms with Gasteiger partial charge in [-0.15, -0.1) is 0 Å². The van der Waals surface area contributed by atoms with Gasteiger partial charge in [-0.3, -0.25) is 9.89 Å². The number of aromatic nitrogens is 3. The summed E-state index contributed by atoms with van der Waals surface area (Å²) >= 11 is 0. The summed E-state index contributed by atoms with van der Waals surface area (Å²) < 4.78 is 13.4. The van der Waals surface area contributed by atoms with Gasteiger partial charge in [0.1, 0.15) is 23.8 Å². The molecule has 10 nitrogen and oxygen atoms in total. The third-order valence-corrected chi connectivity index (χ3v) is 8.59. The Morgan fingerprint density at radius 3 is 2.16 bits per heavy atom. The summed E-state index contributed by atoms with van der Waals surface area (Å²) in [6.45, 7) is -1.26. The number of rotatable bonds is 15. The monoisotopic (exact) mass is 618 g/mol. The molecule has 1 aliphatic rings. The topological polar surface area (TPSA) is 163 Å². The predicted molar refractivity (Wildman–Crippen MR) is 164 cm³/mol. The third kappa shape index (κ3) is 7.63. The van der Waals surface area contributed by atoms with Crippen molar-refractivity contribution >= 4 is 11.6 Å². The molecule has 11 heteroatoms. The van der Waals surface area contributed by atoms with Crippen molar-refractivity contribution in [2.75, 3.05) is 18.1 Å². The van der Waals surface area contributed by atoms with E-state index in [4.69, 9.17) is 0 Å². The van der Waals surface area contributed by atoms with Gasteiger partial charge in [-0.25, -0.2) is 9.37 Å². The number of carbonyl (C=O) groups is 1. The fourth-order valence-electron chi connectivity index (χ4n) is 5.75. The number of hydrogen-bond acceptors (Lipinski definition) is 8. The van der Waals surface area contributed by atoms with Crippen molar-refractivity contribution in [2.24, 2.45) is 5.92 Å². The van der Waals surface area contributed by atoms with E-state index in [1.165, 1.54) is 12.1 Å². The van der Waals surface area contributed by atoms with Crippen LogP contribution in [0.5, 0.6) is 0 Å². The van der Waals surface area contributed by atoms with Crippen LogP contribution in [0.25, 0.3) is 0 Å². The second-order valence-corrected chi connectivity index (χ2v) is 11.7. The average Bonchev–Trinajstić information content (AvgIpc) is 3.54. The summed E-state index contributed by atoms with van der Waals surface area (Å²) in [5.41, 5.74) is 2.70. The quantitative estimate of drug-likeness (QED) is 0.111. The van der Waals surface area contributed by atoms with E-state index in [9.17, 15) is 34.7 Å². The molecule has 1 fully saturated rings. The molecule has 45 heavy (non-hydrogen) atoms. The first-order chi connectivity index (χ1) is 21.7. The minimum Gasteiger partial charge on any atom is -0.393 e. The van der Waals surface area contributed by atoms with Crippen molar-refractivity contribution in [2.45, 2.75) is 62.9 Å². The van der Waals surface area contributed by atoms with Gasteiger partial charge in [-0.2, -0.15) is 5.10 Å². The number of nitrogens with zero attached hydrogens (tertiary/aromatic N) is 3. The standard InChI is InChI=1S/C34H39FN4O6/c35-26-10-8-24(9-11-26)29(43)15-14-28-32(25-6-1-23(2-7-25)17-18-34(45,20-41)21-42)39(33(28)44)27-12-3-22(4-13-27)5-16-30-36-31(19-40)38-37-30/h1-4,6-13,28-29,32,40-43,45H,5,14-21H2,(H,36,37,38)/t28-,29+,32-/m1/s1. The molecule has 2 heterocycles. The van der Waals surface area contributed by atoms with Gasteiger partial charge in [-0.05, 0) is 78.6 Å². The third-order valence-electron chi connectivity index (χ3n) is 8.59. The summed E-state index contributed by atoms with van der Waals surface area (Å²) in [6, 6.07) is 21.0. The van der Waals surface area contributed by atoms with Gasteiger partial charge in [0.25, 0.3) is 0 Å². The molecule has 5 rings (SSSR count). The molecule has 0 unspecified atom stereocenters. The van der Waals surface area contributed by atoms with Gasteiger partial charge in [0.15, 0.2) is 5.82 Å². The normalized spacial score (nSPS) is 17.4. The summed E-state index contributed by atoms with van der Waals surface area (Å²) in [6.07, 6.45) is 1.88. The molecule has 0 radical (unpaired) electrons. The van der Waals surface area contributed by atoms with Crippen LogP contribution in [0.2, 0.25) is 0 Å². The minimum atomic E-state index is -1.55. The van der Waals surface area contributed by atoms with Crippen molar-refractivity contribution in [3.8, 4) is 0 Å². The molecule has 3 atom stereocenters. The van der Waals surface area contributed by atoms with Crippen LogP contribution in [-0.4, -0.2) is 65.4 Å². The molecule has 1 amide bonds. The Hall–Kier alpha value is -4.00. The second kappa shape index (κ2) is 14.4. The van der Waals surface area contributed by atoms with E-state index in [0.717, 1.165) is 22.4 Å². The summed E-state index contributed by atoms with van der Waals surface area (Å²) in [5.74, 6) is 0.249. The van der Waals surface area contributed by atoms with Crippen LogP contribution < -0.4 is 4.90 Å². The van der Waals surface area contributed by atoms with E-state index in [2.05, 4.69) is 15.2 Å². The lowest BCUT2D eigenvalue weighted by molar-refractivity contribution is -0.131. The van der Waals surface area contributed by atoms with Gasteiger partial charge in [0.05, 0.1) is 31.3 Å². The van der Waals surface area contributed by atoms with E-state index in [-0.39, 0.29) is 36.7 Å². The molecule has 0 bridgehead atoms. The Kier molecular flexibility index (Phi) is 10.4. The number of amides is 1. The van der Waals surface area contributed by atoms with Gasteiger partial charge >= 0.3 is 0 Å². The number of aryl methyl sites for hydroxylation is 3. The van der Waals surface area contributed by atoms with E-state index in [1.54, 1.807) is 17.0 Å². The number of carbonyl (C=O) groups excluding carboxylic acids is 1. The average molecular weight is 619 g/mol. The first kappa shape index (κ1) is 32.4.